The zero-order chi connectivity index (χ0) is 16.4. The average molecular weight is 304 g/mol. The number of benzene rings is 1. The van der Waals surface area contributed by atoms with Gasteiger partial charge >= 0.3 is 5.97 Å². The summed E-state index contributed by atoms with van der Waals surface area (Å²) in [5.41, 5.74) is 5.02. The standard InChI is InChI=1S/C15H16N2O5/c1-2-5-11-6-3-4-7-12(11)22-10-14(19)17-16-13(18)8-9-15(20)21/h2-4,6-9H,1,5,10H2,(H,16,18)(H,17,19)(H,20,21)/b9-8+. The predicted molar refractivity (Wildman–Crippen MR) is 78.9 cm³/mol. The first-order valence-corrected chi connectivity index (χ1v) is 6.34. The first kappa shape index (κ1) is 17.0. The lowest BCUT2D eigenvalue weighted by atomic mass is 10.1. The molecule has 0 saturated carbocycles. The van der Waals surface area contributed by atoms with E-state index in [0.717, 1.165) is 11.6 Å². The Kier molecular flexibility index (Phi) is 6.91. The van der Waals surface area contributed by atoms with Crippen LogP contribution >= 0.6 is 0 Å². The van der Waals surface area contributed by atoms with Crippen LogP contribution in [0.4, 0.5) is 0 Å². The summed E-state index contributed by atoms with van der Waals surface area (Å²) in [5, 5.41) is 8.34. The molecule has 116 valence electrons. The van der Waals surface area contributed by atoms with Gasteiger partial charge in [-0.05, 0) is 18.1 Å². The number of hydrazine groups is 1. The van der Waals surface area contributed by atoms with Crippen molar-refractivity contribution >= 4 is 17.8 Å². The molecule has 0 aliphatic heterocycles. The van der Waals surface area contributed by atoms with E-state index in [1.807, 2.05) is 17.6 Å². The van der Waals surface area contributed by atoms with Gasteiger partial charge < -0.3 is 9.84 Å². The highest BCUT2D eigenvalue weighted by molar-refractivity contribution is 5.94. The lowest BCUT2D eigenvalue weighted by molar-refractivity contribution is -0.131. The summed E-state index contributed by atoms with van der Waals surface area (Å²) >= 11 is 0. The Labute approximate surface area is 127 Å². The number of carboxylic acids is 1. The van der Waals surface area contributed by atoms with Gasteiger partial charge in [0.25, 0.3) is 11.8 Å². The number of carbonyl (C=O) groups excluding carboxylic acids is 2. The molecular formula is C15H16N2O5. The molecule has 7 heteroatoms. The van der Waals surface area contributed by atoms with E-state index in [-0.39, 0.29) is 6.61 Å². The molecule has 0 aromatic heterocycles. The maximum Gasteiger partial charge on any atom is 0.328 e. The van der Waals surface area contributed by atoms with Gasteiger partial charge in [-0.15, -0.1) is 6.58 Å². The fourth-order valence-corrected chi connectivity index (χ4v) is 1.47. The van der Waals surface area contributed by atoms with Crippen molar-refractivity contribution in [2.75, 3.05) is 6.61 Å². The first-order chi connectivity index (χ1) is 10.5. The monoisotopic (exact) mass is 304 g/mol. The number of nitrogens with one attached hydrogen (secondary N) is 2. The molecule has 0 saturated heterocycles. The van der Waals surface area contributed by atoms with Gasteiger partial charge in [-0.1, -0.05) is 24.3 Å². The number of allylic oxidation sites excluding steroid dienone is 1. The van der Waals surface area contributed by atoms with Crippen LogP contribution in [0, 0.1) is 0 Å². The Hall–Kier alpha value is -3.09. The van der Waals surface area contributed by atoms with Crippen LogP contribution in [0.1, 0.15) is 5.56 Å². The second-order valence-electron chi connectivity index (χ2n) is 4.10. The Balaban J connectivity index is 2.42. The minimum absolute atomic E-state index is 0.295. The third kappa shape index (κ3) is 6.38. The van der Waals surface area contributed by atoms with Gasteiger partial charge in [0.1, 0.15) is 5.75 Å². The van der Waals surface area contributed by atoms with Crippen molar-refractivity contribution in [1.29, 1.82) is 0 Å². The van der Waals surface area contributed by atoms with E-state index < -0.39 is 17.8 Å². The fourth-order valence-electron chi connectivity index (χ4n) is 1.47. The van der Waals surface area contributed by atoms with E-state index in [4.69, 9.17) is 9.84 Å². The summed E-state index contributed by atoms with van der Waals surface area (Å²) in [4.78, 5) is 32.9. The molecule has 0 fully saturated rings. The van der Waals surface area contributed by atoms with Crippen LogP contribution in [-0.4, -0.2) is 29.5 Å². The lowest BCUT2D eigenvalue weighted by Gasteiger charge is -2.10. The van der Waals surface area contributed by atoms with E-state index >= 15 is 0 Å². The number of carbonyl (C=O) groups is 3. The van der Waals surface area contributed by atoms with Gasteiger partial charge in [0.15, 0.2) is 6.61 Å². The van der Waals surface area contributed by atoms with Crippen molar-refractivity contribution in [2.24, 2.45) is 0 Å². The summed E-state index contributed by atoms with van der Waals surface area (Å²) in [6.45, 7) is 3.35. The minimum atomic E-state index is -1.26. The van der Waals surface area contributed by atoms with Gasteiger partial charge in [-0.2, -0.15) is 0 Å². The first-order valence-electron chi connectivity index (χ1n) is 6.34. The van der Waals surface area contributed by atoms with Gasteiger partial charge in [0.2, 0.25) is 0 Å². The number of hydrogen-bond donors (Lipinski definition) is 3. The van der Waals surface area contributed by atoms with E-state index in [1.54, 1.807) is 18.2 Å². The molecule has 0 unspecified atom stereocenters. The van der Waals surface area contributed by atoms with Gasteiger partial charge in [0.05, 0.1) is 0 Å². The number of aliphatic carboxylic acids is 1. The third-order valence-electron chi connectivity index (χ3n) is 2.40. The normalized spacial score (nSPS) is 10.0. The lowest BCUT2D eigenvalue weighted by Crippen LogP contribution is -2.43. The predicted octanol–water partition coefficient (Wildman–Crippen LogP) is 0.582. The van der Waals surface area contributed by atoms with Crippen LogP contribution < -0.4 is 15.6 Å². The minimum Gasteiger partial charge on any atom is -0.483 e. The van der Waals surface area contributed by atoms with Crippen molar-refractivity contribution < 1.29 is 24.2 Å². The molecule has 0 atom stereocenters. The van der Waals surface area contributed by atoms with Gasteiger partial charge in [-0.25, -0.2) is 4.79 Å². The Morgan fingerprint density at radius 2 is 1.91 bits per heavy atom. The number of amides is 2. The average Bonchev–Trinajstić information content (AvgIpc) is 2.50. The highest BCUT2D eigenvalue weighted by atomic mass is 16.5. The SMILES string of the molecule is C=CCc1ccccc1OCC(=O)NNC(=O)/C=C/C(=O)O. The fraction of sp³-hybridized carbons (Fsp3) is 0.133. The van der Waals surface area contributed by atoms with E-state index in [0.29, 0.717) is 18.2 Å². The molecule has 3 N–H and O–H groups in total. The number of ether oxygens (including phenoxy) is 1. The van der Waals surface area contributed by atoms with Crippen LogP contribution in [0.3, 0.4) is 0 Å². The van der Waals surface area contributed by atoms with Crippen LogP contribution in [0.25, 0.3) is 0 Å². The summed E-state index contributed by atoms with van der Waals surface area (Å²) in [6.07, 6.45) is 3.76. The summed E-state index contributed by atoms with van der Waals surface area (Å²) in [5.74, 6) is -2.05. The van der Waals surface area contributed by atoms with Gasteiger partial charge in [0, 0.05) is 12.2 Å². The molecule has 0 bridgehead atoms. The third-order valence-corrected chi connectivity index (χ3v) is 2.40. The summed E-state index contributed by atoms with van der Waals surface area (Å²) in [6, 6.07) is 7.20. The Morgan fingerprint density at radius 1 is 1.18 bits per heavy atom. The number of para-hydroxylation sites is 1. The topological polar surface area (TPSA) is 105 Å². The molecule has 7 nitrogen and oxygen atoms in total. The zero-order valence-electron chi connectivity index (χ0n) is 11.7. The van der Waals surface area contributed by atoms with Crippen molar-refractivity contribution in [2.45, 2.75) is 6.42 Å². The number of carboxylic acid groups (broad SMARTS) is 1. The Bertz CT molecular complexity index is 595. The highest BCUT2D eigenvalue weighted by Gasteiger charge is 2.06. The summed E-state index contributed by atoms with van der Waals surface area (Å²) in [7, 11) is 0. The quantitative estimate of drug-likeness (QED) is 0.388. The summed E-state index contributed by atoms with van der Waals surface area (Å²) < 4.78 is 5.36. The molecule has 22 heavy (non-hydrogen) atoms. The molecule has 1 aromatic carbocycles. The molecule has 0 aliphatic rings. The van der Waals surface area contributed by atoms with E-state index in [9.17, 15) is 14.4 Å². The maximum atomic E-state index is 11.5. The second-order valence-corrected chi connectivity index (χ2v) is 4.10. The van der Waals surface area contributed by atoms with Crippen LogP contribution in [0.2, 0.25) is 0 Å². The highest BCUT2D eigenvalue weighted by Crippen LogP contribution is 2.18. The van der Waals surface area contributed by atoms with Crippen LogP contribution in [0.15, 0.2) is 49.1 Å². The second kappa shape index (κ2) is 8.96. The van der Waals surface area contributed by atoms with Crippen molar-refractivity contribution in [3.8, 4) is 5.75 Å². The van der Waals surface area contributed by atoms with Crippen molar-refractivity contribution in [3.63, 3.8) is 0 Å². The molecule has 1 rings (SSSR count). The maximum absolute atomic E-state index is 11.5. The molecule has 0 heterocycles. The molecule has 2 amide bonds. The van der Waals surface area contributed by atoms with Crippen LogP contribution in [0.5, 0.6) is 5.75 Å². The van der Waals surface area contributed by atoms with Crippen LogP contribution in [-0.2, 0) is 20.8 Å². The zero-order valence-corrected chi connectivity index (χ0v) is 11.7. The molecule has 0 aliphatic carbocycles. The smallest absolute Gasteiger partial charge is 0.328 e. The Morgan fingerprint density at radius 3 is 2.59 bits per heavy atom. The molecule has 0 radical (unpaired) electrons. The number of hydrogen-bond acceptors (Lipinski definition) is 4. The molecule has 0 spiro atoms. The van der Waals surface area contributed by atoms with Gasteiger partial charge in [-0.3, -0.25) is 20.4 Å². The van der Waals surface area contributed by atoms with E-state index in [2.05, 4.69) is 12.0 Å². The number of rotatable bonds is 7. The molecule has 1 aromatic rings. The molecular weight excluding hydrogens is 288 g/mol. The largest absolute Gasteiger partial charge is 0.483 e. The van der Waals surface area contributed by atoms with E-state index in [1.165, 1.54) is 0 Å². The van der Waals surface area contributed by atoms with Crippen molar-refractivity contribution in [3.05, 3.63) is 54.6 Å². The van der Waals surface area contributed by atoms with Crippen molar-refractivity contribution in [1.82, 2.24) is 10.9 Å².